The smallest absolute Gasteiger partial charge is 0.300 e. The van der Waals surface area contributed by atoms with Gasteiger partial charge in [-0.15, -0.1) is 0 Å². The lowest BCUT2D eigenvalue weighted by molar-refractivity contribution is -0.132. The van der Waals surface area contributed by atoms with E-state index in [9.17, 15) is 19.1 Å². The third kappa shape index (κ3) is 4.33. The van der Waals surface area contributed by atoms with Gasteiger partial charge in [-0.05, 0) is 71.5 Å². The number of nitriles is 1. The number of benzene rings is 3. The number of amides is 1. The topological polar surface area (TPSA) is 81.4 Å². The van der Waals surface area contributed by atoms with Gasteiger partial charge in [0.25, 0.3) is 11.7 Å². The number of ketones is 1. The Morgan fingerprint density at radius 3 is 2.17 bits per heavy atom. The molecule has 1 heterocycles. The van der Waals surface area contributed by atoms with Crippen LogP contribution < -0.4 is 4.90 Å². The average molecular weight is 469 g/mol. The molecule has 1 unspecified atom stereocenters. The summed E-state index contributed by atoms with van der Waals surface area (Å²) < 4.78 is 13.8. The van der Waals surface area contributed by atoms with E-state index in [0.717, 1.165) is 5.56 Å². The molecule has 0 saturated carbocycles. The molecule has 4 rings (SSSR count). The normalized spacial score (nSPS) is 17.5. The third-order valence-electron chi connectivity index (χ3n) is 6.24. The highest BCUT2D eigenvalue weighted by Gasteiger charge is 2.47. The fourth-order valence-corrected chi connectivity index (χ4v) is 4.22. The lowest BCUT2D eigenvalue weighted by atomic mass is 9.85. The van der Waals surface area contributed by atoms with Crippen molar-refractivity contribution < 1.29 is 19.1 Å². The SMILES string of the molecule is Cc1cc(/C(O)=C2/C(=O)C(=O)N(c3ccc(C#N)cc3)C2c2ccc(C(C)(C)C)cc2)ccc1F. The minimum absolute atomic E-state index is 0.0751. The van der Waals surface area contributed by atoms with Gasteiger partial charge in [0.05, 0.1) is 23.2 Å². The zero-order valence-electron chi connectivity index (χ0n) is 20.0. The summed E-state index contributed by atoms with van der Waals surface area (Å²) in [6.45, 7) is 7.81. The van der Waals surface area contributed by atoms with E-state index in [2.05, 4.69) is 20.8 Å². The molecule has 6 heteroatoms. The van der Waals surface area contributed by atoms with Gasteiger partial charge in [0.2, 0.25) is 0 Å². The van der Waals surface area contributed by atoms with E-state index < -0.39 is 23.5 Å². The van der Waals surface area contributed by atoms with Crippen molar-refractivity contribution in [2.24, 2.45) is 0 Å². The summed E-state index contributed by atoms with van der Waals surface area (Å²) in [5.41, 5.74) is 2.93. The van der Waals surface area contributed by atoms with Crippen molar-refractivity contribution in [3.8, 4) is 6.07 Å². The maximum Gasteiger partial charge on any atom is 0.300 e. The standard InChI is InChI=1S/C29H25FN2O3/c1-17-15-20(9-14-23(17)30)26(33)24-25(19-7-10-21(11-8-19)29(2,3)4)32(28(35)27(24)34)22-12-5-18(16-31)6-13-22/h5-15,25,33H,1-4H3/b26-24-. The minimum Gasteiger partial charge on any atom is -0.507 e. The summed E-state index contributed by atoms with van der Waals surface area (Å²) in [7, 11) is 0. The number of hydrogen-bond donors (Lipinski definition) is 1. The van der Waals surface area contributed by atoms with E-state index in [4.69, 9.17) is 5.26 Å². The summed E-state index contributed by atoms with van der Waals surface area (Å²) >= 11 is 0. The highest BCUT2D eigenvalue weighted by molar-refractivity contribution is 6.51. The molecule has 1 N–H and O–H groups in total. The second kappa shape index (κ2) is 8.84. The summed E-state index contributed by atoms with van der Waals surface area (Å²) in [6, 6.07) is 19.1. The number of aliphatic hydroxyl groups is 1. The maximum absolute atomic E-state index is 13.8. The summed E-state index contributed by atoms with van der Waals surface area (Å²) in [4.78, 5) is 27.8. The lowest BCUT2D eigenvalue weighted by Gasteiger charge is -2.26. The molecule has 176 valence electrons. The van der Waals surface area contributed by atoms with Crippen LogP contribution in [0.3, 0.4) is 0 Å². The second-order valence-electron chi connectivity index (χ2n) is 9.66. The molecule has 35 heavy (non-hydrogen) atoms. The molecule has 3 aromatic rings. The van der Waals surface area contributed by atoms with Crippen molar-refractivity contribution in [3.63, 3.8) is 0 Å². The van der Waals surface area contributed by atoms with Gasteiger partial charge in [0, 0.05) is 11.3 Å². The third-order valence-corrected chi connectivity index (χ3v) is 6.24. The van der Waals surface area contributed by atoms with Crippen LogP contribution in [0.15, 0.2) is 72.3 Å². The molecule has 1 saturated heterocycles. The quantitative estimate of drug-likeness (QED) is 0.293. The van der Waals surface area contributed by atoms with Crippen molar-refractivity contribution in [1.29, 1.82) is 5.26 Å². The zero-order chi connectivity index (χ0) is 25.5. The van der Waals surface area contributed by atoms with E-state index in [1.54, 1.807) is 31.2 Å². The minimum atomic E-state index is -0.901. The van der Waals surface area contributed by atoms with E-state index in [1.165, 1.54) is 23.1 Å². The Morgan fingerprint density at radius 1 is 1.00 bits per heavy atom. The Hall–Kier alpha value is -4.24. The zero-order valence-corrected chi connectivity index (χ0v) is 20.0. The Morgan fingerprint density at radius 2 is 1.63 bits per heavy atom. The van der Waals surface area contributed by atoms with Crippen LogP contribution >= 0.6 is 0 Å². The Balaban J connectivity index is 1.93. The van der Waals surface area contributed by atoms with Crippen LogP contribution in [-0.2, 0) is 15.0 Å². The molecule has 1 aliphatic rings. The first-order valence-electron chi connectivity index (χ1n) is 11.2. The molecule has 1 atom stereocenters. The molecule has 0 aliphatic carbocycles. The lowest BCUT2D eigenvalue weighted by Crippen LogP contribution is -2.29. The Bertz CT molecular complexity index is 1390. The van der Waals surface area contributed by atoms with Crippen molar-refractivity contribution in [1.82, 2.24) is 0 Å². The first kappa shape index (κ1) is 23.9. The molecule has 0 radical (unpaired) electrons. The van der Waals surface area contributed by atoms with E-state index in [-0.39, 0.29) is 22.3 Å². The molecule has 1 amide bonds. The average Bonchev–Trinajstić information content (AvgIpc) is 3.10. The van der Waals surface area contributed by atoms with Crippen LogP contribution in [-0.4, -0.2) is 16.8 Å². The number of carbonyl (C=O) groups is 2. The number of aliphatic hydroxyl groups excluding tert-OH is 1. The predicted octanol–water partition coefficient (Wildman–Crippen LogP) is 5.93. The van der Waals surface area contributed by atoms with Gasteiger partial charge in [-0.3, -0.25) is 14.5 Å². The largest absolute Gasteiger partial charge is 0.507 e. The number of aryl methyl sites for hydroxylation is 1. The molecule has 5 nitrogen and oxygen atoms in total. The van der Waals surface area contributed by atoms with E-state index >= 15 is 0 Å². The number of anilines is 1. The molecule has 0 bridgehead atoms. The fourth-order valence-electron chi connectivity index (χ4n) is 4.22. The van der Waals surface area contributed by atoms with E-state index in [1.807, 2.05) is 30.3 Å². The number of rotatable bonds is 3. The molecular formula is C29H25FN2O3. The first-order valence-corrected chi connectivity index (χ1v) is 11.2. The number of hydrogen-bond acceptors (Lipinski definition) is 4. The fraction of sp³-hybridized carbons (Fsp3) is 0.207. The predicted molar refractivity (Wildman–Crippen MR) is 132 cm³/mol. The summed E-state index contributed by atoms with van der Waals surface area (Å²) in [6.07, 6.45) is 0. The number of halogens is 1. The molecular weight excluding hydrogens is 443 g/mol. The molecule has 0 aromatic heterocycles. The summed E-state index contributed by atoms with van der Waals surface area (Å²) in [5.74, 6) is -2.43. The molecule has 0 spiro atoms. The van der Waals surface area contributed by atoms with Crippen molar-refractivity contribution in [3.05, 3.63) is 106 Å². The Kier molecular flexibility index (Phi) is 6.04. The highest BCUT2D eigenvalue weighted by Crippen LogP contribution is 2.42. The van der Waals surface area contributed by atoms with Gasteiger partial charge < -0.3 is 5.11 Å². The second-order valence-corrected chi connectivity index (χ2v) is 9.66. The summed E-state index contributed by atoms with van der Waals surface area (Å²) in [5, 5.41) is 20.3. The van der Waals surface area contributed by atoms with Crippen molar-refractivity contribution in [2.45, 2.75) is 39.2 Å². The van der Waals surface area contributed by atoms with Crippen molar-refractivity contribution >= 4 is 23.1 Å². The molecule has 1 fully saturated rings. The van der Waals surface area contributed by atoms with Gasteiger partial charge in [-0.2, -0.15) is 5.26 Å². The van der Waals surface area contributed by atoms with Gasteiger partial charge in [-0.25, -0.2) is 4.39 Å². The van der Waals surface area contributed by atoms with Gasteiger partial charge in [0.1, 0.15) is 11.6 Å². The molecule has 1 aliphatic heterocycles. The maximum atomic E-state index is 13.8. The number of carbonyl (C=O) groups excluding carboxylic acids is 2. The van der Waals surface area contributed by atoms with Crippen molar-refractivity contribution in [2.75, 3.05) is 4.90 Å². The monoisotopic (exact) mass is 468 g/mol. The number of nitrogens with zero attached hydrogens (tertiary/aromatic N) is 2. The molecule has 3 aromatic carbocycles. The van der Waals surface area contributed by atoms with Crippen LogP contribution in [0.1, 0.15) is 54.6 Å². The van der Waals surface area contributed by atoms with Gasteiger partial charge >= 0.3 is 0 Å². The van der Waals surface area contributed by atoms with Crippen LogP contribution in [0.25, 0.3) is 5.76 Å². The highest BCUT2D eigenvalue weighted by atomic mass is 19.1. The Labute approximate surface area is 203 Å². The van der Waals surface area contributed by atoms with Crippen LogP contribution in [0.2, 0.25) is 0 Å². The number of Topliss-reactive ketones (excluding diaryl/α,β-unsaturated/α-hetero) is 1. The van der Waals surface area contributed by atoms with Gasteiger partial charge in [0.15, 0.2) is 0 Å². The van der Waals surface area contributed by atoms with Crippen LogP contribution in [0, 0.1) is 24.1 Å². The van der Waals surface area contributed by atoms with Crippen LogP contribution in [0.5, 0.6) is 0 Å². The van der Waals surface area contributed by atoms with Crippen LogP contribution in [0.4, 0.5) is 10.1 Å². The first-order chi connectivity index (χ1) is 16.5. The van der Waals surface area contributed by atoms with E-state index in [0.29, 0.717) is 22.4 Å². The van der Waals surface area contributed by atoms with Gasteiger partial charge in [-0.1, -0.05) is 45.0 Å².